The normalized spacial score (nSPS) is 16.2. The van der Waals surface area contributed by atoms with Crippen LogP contribution < -0.4 is 5.32 Å². The minimum atomic E-state index is -0.277. The largest absolute Gasteiger partial charge is 0.320 e. The van der Waals surface area contributed by atoms with E-state index in [1.807, 2.05) is 44.2 Å². The number of carbonyl (C=O) groups excluding carboxylic acids is 1. The zero-order valence-electron chi connectivity index (χ0n) is 20.9. The monoisotopic (exact) mass is 457 g/mol. The first-order chi connectivity index (χ1) is 15.2. The number of nitrogens with zero attached hydrogens (tertiary/aromatic N) is 1. The molecule has 1 aliphatic rings. The highest BCUT2D eigenvalue weighted by Crippen LogP contribution is 2.43. The molecule has 2 aromatic rings. The van der Waals surface area contributed by atoms with Crippen molar-refractivity contribution in [3.05, 3.63) is 64.2 Å². The van der Waals surface area contributed by atoms with E-state index < -0.39 is 0 Å². The standard InChI is InChI=1S/C21H33ClN2O.C7H8/c1-6-8-9-13-24(5,7-2)21(11-10-12-21)20(25)23-19-16(3)14-18(22)15-17(19)4;1-7-5-3-2-4-6-7/h14-15H,6-13H2,1-5H3;2-6H,1H3/p+1. The number of nitrogens with one attached hydrogen (secondary N) is 1. The van der Waals surface area contributed by atoms with Gasteiger partial charge in [0, 0.05) is 23.6 Å². The number of anilines is 1. The van der Waals surface area contributed by atoms with E-state index in [2.05, 4.69) is 45.3 Å². The van der Waals surface area contributed by atoms with Gasteiger partial charge < -0.3 is 9.80 Å². The Morgan fingerprint density at radius 2 is 1.62 bits per heavy atom. The predicted octanol–water partition coefficient (Wildman–Crippen LogP) is 7.47. The summed E-state index contributed by atoms with van der Waals surface area (Å²) in [7, 11) is 2.27. The van der Waals surface area contributed by atoms with Gasteiger partial charge in [-0.15, -0.1) is 0 Å². The molecule has 1 N–H and O–H groups in total. The van der Waals surface area contributed by atoms with Crippen LogP contribution in [0, 0.1) is 20.8 Å². The number of rotatable bonds is 8. The summed E-state index contributed by atoms with van der Waals surface area (Å²) in [5.41, 5.74) is 4.04. The molecule has 176 valence electrons. The van der Waals surface area contributed by atoms with Crippen molar-refractivity contribution in [1.29, 1.82) is 0 Å². The summed E-state index contributed by atoms with van der Waals surface area (Å²) in [6.45, 7) is 12.6. The van der Waals surface area contributed by atoms with Crippen molar-refractivity contribution in [1.82, 2.24) is 0 Å². The number of benzene rings is 2. The third-order valence-corrected chi connectivity index (χ3v) is 7.48. The third-order valence-electron chi connectivity index (χ3n) is 7.27. The molecular formula is C28H42ClN2O+. The highest BCUT2D eigenvalue weighted by molar-refractivity contribution is 6.30. The topological polar surface area (TPSA) is 29.1 Å². The number of unbranched alkanes of at least 4 members (excludes halogenated alkanes) is 2. The van der Waals surface area contributed by atoms with Crippen LogP contribution in [0.15, 0.2) is 42.5 Å². The first-order valence-corrected chi connectivity index (χ1v) is 12.5. The second-order valence-electron chi connectivity index (χ2n) is 9.55. The number of hydrogen-bond acceptors (Lipinski definition) is 1. The van der Waals surface area contributed by atoms with Crippen molar-refractivity contribution in [3.63, 3.8) is 0 Å². The fraction of sp³-hybridized carbons (Fsp3) is 0.536. The molecule has 0 saturated heterocycles. The molecule has 1 fully saturated rings. The maximum Gasteiger partial charge on any atom is 0.285 e. The summed E-state index contributed by atoms with van der Waals surface area (Å²) in [6, 6.07) is 14.1. The van der Waals surface area contributed by atoms with Crippen molar-refractivity contribution in [2.24, 2.45) is 0 Å². The maximum absolute atomic E-state index is 13.4. The van der Waals surface area contributed by atoms with Crippen LogP contribution in [0.25, 0.3) is 0 Å². The molecule has 1 aliphatic carbocycles. The van der Waals surface area contributed by atoms with Gasteiger partial charge >= 0.3 is 0 Å². The minimum Gasteiger partial charge on any atom is -0.320 e. The molecule has 1 atom stereocenters. The van der Waals surface area contributed by atoms with E-state index in [4.69, 9.17) is 11.6 Å². The Morgan fingerprint density at radius 3 is 2.03 bits per heavy atom. The molecule has 0 spiro atoms. The Hall–Kier alpha value is -1.84. The Balaban J connectivity index is 0.000000439. The van der Waals surface area contributed by atoms with Gasteiger partial charge in [0.25, 0.3) is 5.91 Å². The highest BCUT2D eigenvalue weighted by Gasteiger charge is 2.57. The number of likely N-dealkylation sites (N-methyl/N-ethyl adjacent to an activating group) is 1. The van der Waals surface area contributed by atoms with Gasteiger partial charge in [0.1, 0.15) is 0 Å². The van der Waals surface area contributed by atoms with E-state index in [1.54, 1.807) is 0 Å². The molecule has 0 heterocycles. The number of carbonyl (C=O) groups is 1. The van der Waals surface area contributed by atoms with E-state index >= 15 is 0 Å². The molecule has 1 saturated carbocycles. The average Bonchev–Trinajstić information content (AvgIpc) is 2.71. The van der Waals surface area contributed by atoms with E-state index in [1.165, 1.54) is 24.8 Å². The zero-order chi connectivity index (χ0) is 23.8. The van der Waals surface area contributed by atoms with Gasteiger partial charge in [-0.25, -0.2) is 0 Å². The van der Waals surface area contributed by atoms with Crippen LogP contribution in [-0.4, -0.2) is 36.1 Å². The highest BCUT2D eigenvalue weighted by atomic mass is 35.5. The molecule has 3 rings (SSSR count). The van der Waals surface area contributed by atoms with Crippen molar-refractivity contribution in [2.45, 2.75) is 78.7 Å². The Labute approximate surface area is 200 Å². The molecule has 0 aromatic heterocycles. The van der Waals surface area contributed by atoms with Crippen LogP contribution in [0.1, 0.15) is 69.1 Å². The van der Waals surface area contributed by atoms with Crippen LogP contribution in [0.2, 0.25) is 5.02 Å². The second kappa shape index (κ2) is 11.9. The minimum absolute atomic E-state index is 0.188. The first kappa shape index (κ1) is 26.4. The van der Waals surface area contributed by atoms with Gasteiger partial charge in [-0.1, -0.05) is 60.8 Å². The molecule has 1 amide bonds. The zero-order valence-corrected chi connectivity index (χ0v) is 21.7. The lowest BCUT2D eigenvalue weighted by Gasteiger charge is -2.54. The van der Waals surface area contributed by atoms with Gasteiger partial charge in [-0.05, 0) is 70.2 Å². The van der Waals surface area contributed by atoms with E-state index in [0.29, 0.717) is 0 Å². The van der Waals surface area contributed by atoms with Crippen LogP contribution in [0.5, 0.6) is 0 Å². The van der Waals surface area contributed by atoms with Crippen molar-refractivity contribution in [3.8, 4) is 0 Å². The fourth-order valence-corrected chi connectivity index (χ4v) is 5.11. The Kier molecular flexibility index (Phi) is 9.79. The summed E-state index contributed by atoms with van der Waals surface area (Å²) >= 11 is 6.14. The van der Waals surface area contributed by atoms with Gasteiger partial charge in [-0.2, -0.15) is 0 Å². The quantitative estimate of drug-likeness (QED) is 0.323. The smallest absolute Gasteiger partial charge is 0.285 e. The van der Waals surface area contributed by atoms with Gasteiger partial charge in [0.05, 0.1) is 20.1 Å². The lowest BCUT2D eigenvalue weighted by atomic mass is 9.72. The molecule has 4 heteroatoms. The van der Waals surface area contributed by atoms with Crippen molar-refractivity contribution < 1.29 is 9.28 Å². The number of aryl methyl sites for hydroxylation is 3. The number of hydrogen-bond donors (Lipinski definition) is 1. The number of amides is 1. The van der Waals surface area contributed by atoms with Gasteiger partial charge in [0.15, 0.2) is 5.54 Å². The Morgan fingerprint density at radius 1 is 1.03 bits per heavy atom. The summed E-state index contributed by atoms with van der Waals surface area (Å²) in [4.78, 5) is 13.4. The van der Waals surface area contributed by atoms with Crippen LogP contribution in [0.4, 0.5) is 5.69 Å². The molecule has 0 bridgehead atoms. The number of quaternary nitrogens is 1. The first-order valence-electron chi connectivity index (χ1n) is 12.1. The van der Waals surface area contributed by atoms with E-state index in [-0.39, 0.29) is 11.4 Å². The summed E-state index contributed by atoms with van der Waals surface area (Å²) < 4.78 is 0.852. The van der Waals surface area contributed by atoms with Crippen molar-refractivity contribution in [2.75, 3.05) is 25.5 Å². The molecule has 3 nitrogen and oxygen atoms in total. The van der Waals surface area contributed by atoms with E-state index in [9.17, 15) is 4.79 Å². The molecule has 1 unspecified atom stereocenters. The average molecular weight is 458 g/mol. The summed E-state index contributed by atoms with van der Waals surface area (Å²) in [5.74, 6) is 0.188. The molecule has 0 aliphatic heterocycles. The van der Waals surface area contributed by atoms with Crippen molar-refractivity contribution >= 4 is 23.2 Å². The predicted molar refractivity (Wildman–Crippen MR) is 138 cm³/mol. The second-order valence-corrected chi connectivity index (χ2v) is 9.99. The van der Waals surface area contributed by atoms with Crippen LogP contribution in [-0.2, 0) is 4.79 Å². The molecule has 2 aromatic carbocycles. The maximum atomic E-state index is 13.4. The lowest BCUT2D eigenvalue weighted by Crippen LogP contribution is -2.71. The fourth-order valence-electron chi connectivity index (χ4n) is 4.78. The van der Waals surface area contributed by atoms with Gasteiger partial charge in [-0.3, -0.25) is 4.79 Å². The van der Waals surface area contributed by atoms with Crippen LogP contribution in [0.3, 0.4) is 0 Å². The van der Waals surface area contributed by atoms with Gasteiger partial charge in [0.2, 0.25) is 0 Å². The van der Waals surface area contributed by atoms with E-state index in [0.717, 1.165) is 58.7 Å². The SMILES string of the molecule is CCCCC[N+](C)(CC)C1(C(=O)Nc2c(C)cc(Cl)cc2C)CCC1.Cc1ccccc1. The summed E-state index contributed by atoms with van der Waals surface area (Å²) in [5, 5.41) is 3.99. The summed E-state index contributed by atoms with van der Waals surface area (Å²) in [6.07, 6.45) is 6.76. The Bertz CT molecular complexity index is 853. The third kappa shape index (κ3) is 6.14. The van der Waals surface area contributed by atoms with Crippen LogP contribution >= 0.6 is 11.6 Å². The molecular weight excluding hydrogens is 416 g/mol. The number of halogens is 1. The molecule has 32 heavy (non-hydrogen) atoms. The molecule has 0 radical (unpaired) electrons. The lowest BCUT2D eigenvalue weighted by molar-refractivity contribution is -0.953.